The normalized spacial score (nSPS) is 19.6. The quantitative estimate of drug-likeness (QED) is 0.764. The monoisotopic (exact) mass is 276 g/mol. The zero-order valence-electron chi connectivity index (χ0n) is 11.1. The maximum Gasteiger partial charge on any atom is 0.354 e. The third-order valence-corrected chi connectivity index (χ3v) is 3.58. The molecule has 0 saturated carbocycles. The number of aromatic carboxylic acids is 1. The van der Waals surface area contributed by atoms with Crippen LogP contribution >= 0.6 is 0 Å². The molecule has 0 aromatic carbocycles. The molecule has 20 heavy (non-hydrogen) atoms. The summed E-state index contributed by atoms with van der Waals surface area (Å²) in [5.74, 6) is 0.587. The molecular formula is C12H16N6O2. The summed E-state index contributed by atoms with van der Waals surface area (Å²) in [7, 11) is 0. The molecule has 2 aromatic heterocycles. The maximum absolute atomic E-state index is 11.1. The third-order valence-electron chi connectivity index (χ3n) is 3.58. The van der Waals surface area contributed by atoms with Gasteiger partial charge in [0.1, 0.15) is 11.5 Å². The molecule has 1 aliphatic rings. The van der Waals surface area contributed by atoms with Crippen LogP contribution in [0.25, 0.3) is 0 Å². The zero-order valence-corrected chi connectivity index (χ0v) is 11.1. The van der Waals surface area contributed by atoms with Crippen molar-refractivity contribution in [2.75, 3.05) is 6.54 Å². The highest BCUT2D eigenvalue weighted by Gasteiger charge is 2.30. The summed E-state index contributed by atoms with van der Waals surface area (Å²) in [5.41, 5.74) is 0.846. The standard InChI is InChI=1S/C12H16N6O2/c1-7-14-11(17-15-7)9-3-2-4-18(9)6-8-5-13-16-10(8)12(19)20/h5,9H,2-4,6H2,1H3,(H,13,16)(H,19,20)(H,14,15,17)/t9-/m1/s1. The van der Waals surface area contributed by atoms with E-state index in [0.29, 0.717) is 12.1 Å². The molecule has 1 atom stereocenters. The van der Waals surface area contributed by atoms with E-state index in [1.165, 1.54) is 0 Å². The Bertz CT molecular complexity index is 619. The van der Waals surface area contributed by atoms with E-state index in [0.717, 1.165) is 31.0 Å². The molecule has 3 N–H and O–H groups in total. The summed E-state index contributed by atoms with van der Waals surface area (Å²) in [5, 5.41) is 22.5. The molecule has 0 radical (unpaired) electrons. The molecule has 1 saturated heterocycles. The van der Waals surface area contributed by atoms with Crippen molar-refractivity contribution >= 4 is 5.97 Å². The number of aryl methyl sites for hydroxylation is 1. The van der Waals surface area contributed by atoms with E-state index in [1.807, 2.05) is 6.92 Å². The van der Waals surface area contributed by atoms with Gasteiger partial charge < -0.3 is 5.11 Å². The molecule has 8 nitrogen and oxygen atoms in total. The first-order chi connectivity index (χ1) is 9.65. The number of likely N-dealkylation sites (tertiary alicyclic amines) is 1. The molecule has 0 spiro atoms. The lowest BCUT2D eigenvalue weighted by molar-refractivity contribution is 0.0687. The number of aromatic nitrogens is 5. The van der Waals surface area contributed by atoms with E-state index in [9.17, 15) is 4.79 Å². The van der Waals surface area contributed by atoms with E-state index in [-0.39, 0.29) is 11.7 Å². The van der Waals surface area contributed by atoms with Crippen LogP contribution in [0.4, 0.5) is 0 Å². The second-order valence-electron chi connectivity index (χ2n) is 4.98. The van der Waals surface area contributed by atoms with Gasteiger partial charge in [0.15, 0.2) is 5.82 Å². The van der Waals surface area contributed by atoms with Crippen molar-refractivity contribution in [2.24, 2.45) is 0 Å². The van der Waals surface area contributed by atoms with Crippen molar-refractivity contribution in [1.29, 1.82) is 0 Å². The van der Waals surface area contributed by atoms with Crippen LogP contribution in [0.2, 0.25) is 0 Å². The molecule has 1 aliphatic heterocycles. The van der Waals surface area contributed by atoms with Crippen molar-refractivity contribution in [3.8, 4) is 0 Å². The predicted octanol–water partition coefficient (Wildman–Crippen LogP) is 0.872. The number of nitrogens with zero attached hydrogens (tertiary/aromatic N) is 4. The largest absolute Gasteiger partial charge is 0.477 e. The Labute approximate surface area is 115 Å². The van der Waals surface area contributed by atoms with Gasteiger partial charge in [-0.2, -0.15) is 10.2 Å². The molecule has 1 fully saturated rings. The van der Waals surface area contributed by atoms with Crippen LogP contribution in [0.1, 0.15) is 46.6 Å². The van der Waals surface area contributed by atoms with Crippen molar-refractivity contribution < 1.29 is 9.90 Å². The first-order valence-electron chi connectivity index (χ1n) is 6.53. The zero-order chi connectivity index (χ0) is 14.1. The predicted molar refractivity (Wildman–Crippen MR) is 69.1 cm³/mol. The number of hydrogen-bond acceptors (Lipinski definition) is 5. The minimum atomic E-state index is -0.984. The lowest BCUT2D eigenvalue weighted by Gasteiger charge is -2.21. The fourth-order valence-electron chi connectivity index (χ4n) is 2.65. The summed E-state index contributed by atoms with van der Waals surface area (Å²) in [6, 6.07) is 0.136. The Morgan fingerprint density at radius 1 is 1.55 bits per heavy atom. The van der Waals surface area contributed by atoms with Gasteiger partial charge in [-0.25, -0.2) is 9.78 Å². The summed E-state index contributed by atoms with van der Waals surface area (Å²) in [4.78, 5) is 17.7. The van der Waals surface area contributed by atoms with Gasteiger partial charge >= 0.3 is 5.97 Å². The summed E-state index contributed by atoms with van der Waals surface area (Å²) >= 11 is 0. The van der Waals surface area contributed by atoms with Crippen LogP contribution in [0.15, 0.2) is 6.20 Å². The Balaban J connectivity index is 1.79. The van der Waals surface area contributed by atoms with Gasteiger partial charge in [-0.3, -0.25) is 15.1 Å². The molecule has 3 rings (SSSR count). The first-order valence-corrected chi connectivity index (χ1v) is 6.53. The molecule has 8 heteroatoms. The van der Waals surface area contributed by atoms with Gasteiger partial charge in [0.05, 0.1) is 12.2 Å². The van der Waals surface area contributed by atoms with Crippen molar-refractivity contribution in [3.63, 3.8) is 0 Å². The average molecular weight is 276 g/mol. The van der Waals surface area contributed by atoms with Gasteiger partial charge in [-0.15, -0.1) is 0 Å². The first kappa shape index (κ1) is 12.8. The Kier molecular flexibility index (Phi) is 3.23. The number of rotatable bonds is 4. The van der Waals surface area contributed by atoms with Crippen molar-refractivity contribution in [3.05, 3.63) is 29.1 Å². The maximum atomic E-state index is 11.1. The highest BCUT2D eigenvalue weighted by atomic mass is 16.4. The van der Waals surface area contributed by atoms with E-state index in [4.69, 9.17) is 5.11 Å². The van der Waals surface area contributed by atoms with Crippen molar-refractivity contribution in [1.82, 2.24) is 30.3 Å². The number of nitrogens with one attached hydrogen (secondary N) is 2. The average Bonchev–Trinajstić information content (AvgIpc) is 3.09. The van der Waals surface area contributed by atoms with E-state index < -0.39 is 5.97 Å². The molecule has 106 valence electrons. The smallest absolute Gasteiger partial charge is 0.354 e. The number of H-pyrrole nitrogens is 2. The summed E-state index contributed by atoms with van der Waals surface area (Å²) in [6.45, 7) is 3.31. The minimum absolute atomic E-state index is 0.136. The lowest BCUT2D eigenvalue weighted by Crippen LogP contribution is -2.24. The van der Waals surface area contributed by atoms with Crippen LogP contribution in [-0.4, -0.2) is 47.9 Å². The number of carboxylic acid groups (broad SMARTS) is 1. The highest BCUT2D eigenvalue weighted by Crippen LogP contribution is 2.31. The molecule has 3 heterocycles. The molecule has 2 aromatic rings. The Morgan fingerprint density at radius 3 is 3.10 bits per heavy atom. The lowest BCUT2D eigenvalue weighted by atomic mass is 10.2. The number of aromatic amines is 2. The number of carboxylic acids is 1. The molecule has 0 aliphatic carbocycles. The van der Waals surface area contributed by atoms with Crippen LogP contribution in [0.3, 0.4) is 0 Å². The van der Waals surface area contributed by atoms with Gasteiger partial charge in [-0.05, 0) is 26.3 Å². The summed E-state index contributed by atoms with van der Waals surface area (Å²) in [6.07, 6.45) is 3.61. The van der Waals surface area contributed by atoms with Gasteiger partial charge in [0, 0.05) is 12.1 Å². The Morgan fingerprint density at radius 2 is 2.40 bits per heavy atom. The highest BCUT2D eigenvalue weighted by molar-refractivity contribution is 5.86. The molecule has 0 unspecified atom stereocenters. The Hall–Kier alpha value is -2.22. The fraction of sp³-hybridized carbons (Fsp3) is 0.500. The minimum Gasteiger partial charge on any atom is -0.477 e. The second-order valence-corrected chi connectivity index (χ2v) is 4.98. The number of carbonyl (C=O) groups is 1. The molecule has 0 bridgehead atoms. The fourth-order valence-corrected chi connectivity index (χ4v) is 2.65. The van der Waals surface area contributed by atoms with Crippen molar-refractivity contribution in [2.45, 2.75) is 32.4 Å². The van der Waals surface area contributed by atoms with Crippen LogP contribution in [0.5, 0.6) is 0 Å². The second kappa shape index (κ2) is 5.04. The summed E-state index contributed by atoms with van der Waals surface area (Å²) < 4.78 is 0. The van der Waals surface area contributed by atoms with E-state index in [2.05, 4.69) is 30.3 Å². The molecule has 0 amide bonds. The topological polar surface area (TPSA) is 111 Å². The van der Waals surface area contributed by atoms with Gasteiger partial charge in [-0.1, -0.05) is 0 Å². The SMILES string of the molecule is Cc1nc([C@H]2CCCN2Cc2cn[nH]c2C(=O)O)n[nH]1. The van der Waals surface area contributed by atoms with Crippen LogP contribution < -0.4 is 0 Å². The van der Waals surface area contributed by atoms with Crippen LogP contribution in [0, 0.1) is 6.92 Å². The number of hydrogen-bond donors (Lipinski definition) is 3. The van der Waals surface area contributed by atoms with Gasteiger partial charge in [0.25, 0.3) is 0 Å². The third kappa shape index (κ3) is 2.29. The molecular weight excluding hydrogens is 260 g/mol. The van der Waals surface area contributed by atoms with E-state index in [1.54, 1.807) is 6.20 Å². The van der Waals surface area contributed by atoms with Gasteiger partial charge in [0.2, 0.25) is 0 Å². The van der Waals surface area contributed by atoms with Crippen LogP contribution in [-0.2, 0) is 6.54 Å². The van der Waals surface area contributed by atoms with E-state index >= 15 is 0 Å².